The summed E-state index contributed by atoms with van der Waals surface area (Å²) in [6.45, 7) is 3.88. The first kappa shape index (κ1) is 17.9. The van der Waals surface area contributed by atoms with Gasteiger partial charge in [0.05, 0.1) is 11.7 Å². The molecule has 4 rings (SSSR count). The quantitative estimate of drug-likeness (QED) is 0.743. The fraction of sp³-hybridized carbons (Fsp3) is 0.350. The molecule has 1 aliphatic rings. The van der Waals surface area contributed by atoms with Gasteiger partial charge in [0.1, 0.15) is 16.7 Å². The first-order chi connectivity index (χ1) is 12.9. The molecule has 2 aromatic heterocycles. The number of benzene rings is 1. The van der Waals surface area contributed by atoms with Crippen LogP contribution in [0.25, 0.3) is 10.2 Å². The molecular weight excluding hydrogens is 365 g/mol. The van der Waals surface area contributed by atoms with Gasteiger partial charge in [0.15, 0.2) is 0 Å². The molecule has 2 atom stereocenters. The molecule has 0 fully saturated rings. The number of aromatic nitrogens is 2. The van der Waals surface area contributed by atoms with E-state index in [4.69, 9.17) is 0 Å². The molecule has 2 heterocycles. The van der Waals surface area contributed by atoms with Crippen molar-refractivity contribution in [1.82, 2.24) is 9.55 Å². The number of halogens is 1. The Labute approximate surface area is 159 Å². The second-order valence-corrected chi connectivity index (χ2v) is 8.24. The van der Waals surface area contributed by atoms with Crippen LogP contribution in [0.1, 0.15) is 36.8 Å². The maximum atomic E-state index is 13.1. The topological polar surface area (TPSA) is 64.0 Å². The predicted molar refractivity (Wildman–Crippen MR) is 105 cm³/mol. The first-order valence-corrected chi connectivity index (χ1v) is 9.83. The number of aryl methyl sites for hydroxylation is 1. The van der Waals surface area contributed by atoms with E-state index in [1.54, 1.807) is 18.3 Å². The number of carbonyl (C=O) groups excluding carboxylic acids is 1. The minimum absolute atomic E-state index is 0.172. The Morgan fingerprint density at radius 2 is 2.11 bits per heavy atom. The number of anilines is 1. The van der Waals surface area contributed by atoms with Crippen LogP contribution in [0.4, 0.5) is 10.1 Å². The zero-order valence-electron chi connectivity index (χ0n) is 15.2. The zero-order valence-corrected chi connectivity index (χ0v) is 16.0. The van der Waals surface area contributed by atoms with Crippen LogP contribution in [-0.4, -0.2) is 15.5 Å². The number of nitrogens with one attached hydrogen (secondary N) is 1. The Hall–Kier alpha value is -2.54. The van der Waals surface area contributed by atoms with Crippen molar-refractivity contribution < 1.29 is 9.18 Å². The van der Waals surface area contributed by atoms with E-state index in [2.05, 4.69) is 17.2 Å². The standard InChI is InChI=1S/C20H20FN3O2S/c1-11-3-8-15-16(9-11)27-19-17(15)20(26)24(10-22-19)12(2)18(25)23-14-6-4-13(21)5-7-14/h4-7,10-12H,3,8-9H2,1-2H3,(H,23,25)/t11-,12+/m1/s1. The highest BCUT2D eigenvalue weighted by molar-refractivity contribution is 7.18. The molecule has 0 saturated heterocycles. The van der Waals surface area contributed by atoms with Gasteiger partial charge in [0.2, 0.25) is 5.91 Å². The van der Waals surface area contributed by atoms with E-state index in [1.807, 2.05) is 0 Å². The number of carbonyl (C=O) groups is 1. The minimum atomic E-state index is -0.725. The van der Waals surface area contributed by atoms with Gasteiger partial charge in [-0.1, -0.05) is 6.92 Å². The molecule has 1 amide bonds. The molecule has 0 aliphatic heterocycles. The lowest BCUT2D eigenvalue weighted by Gasteiger charge is -2.18. The van der Waals surface area contributed by atoms with Gasteiger partial charge >= 0.3 is 0 Å². The number of thiophene rings is 1. The fourth-order valence-corrected chi connectivity index (χ4v) is 4.87. The van der Waals surface area contributed by atoms with Gasteiger partial charge < -0.3 is 5.32 Å². The SMILES string of the molecule is C[C@@H]1CCc2c(sc3ncn([C@@H](C)C(=O)Nc4ccc(F)cc4)c(=O)c23)C1. The molecule has 0 bridgehead atoms. The molecule has 1 N–H and O–H groups in total. The molecule has 0 unspecified atom stereocenters. The number of hydrogen-bond donors (Lipinski definition) is 1. The van der Waals surface area contributed by atoms with Crippen LogP contribution in [0.5, 0.6) is 0 Å². The van der Waals surface area contributed by atoms with Crippen molar-refractivity contribution in [2.75, 3.05) is 5.32 Å². The summed E-state index contributed by atoms with van der Waals surface area (Å²) in [5.41, 5.74) is 1.41. The van der Waals surface area contributed by atoms with E-state index in [9.17, 15) is 14.0 Å². The van der Waals surface area contributed by atoms with E-state index < -0.39 is 6.04 Å². The summed E-state index contributed by atoms with van der Waals surface area (Å²) in [6.07, 6.45) is 4.38. The van der Waals surface area contributed by atoms with Crippen LogP contribution in [0, 0.1) is 11.7 Å². The molecule has 7 heteroatoms. The average molecular weight is 385 g/mol. The summed E-state index contributed by atoms with van der Waals surface area (Å²) < 4.78 is 14.4. The van der Waals surface area contributed by atoms with E-state index in [-0.39, 0.29) is 17.3 Å². The molecule has 1 aromatic carbocycles. The van der Waals surface area contributed by atoms with Gasteiger partial charge in [-0.2, -0.15) is 0 Å². The number of hydrogen-bond acceptors (Lipinski definition) is 4. The second kappa shape index (κ2) is 6.88. The number of rotatable bonds is 3. The lowest BCUT2D eigenvalue weighted by molar-refractivity contribution is -0.118. The van der Waals surface area contributed by atoms with Crippen molar-refractivity contribution in [2.24, 2.45) is 5.92 Å². The Morgan fingerprint density at radius 1 is 1.37 bits per heavy atom. The predicted octanol–water partition coefficient (Wildman–Crippen LogP) is 3.92. The third kappa shape index (κ3) is 3.27. The smallest absolute Gasteiger partial charge is 0.263 e. The normalized spacial score (nSPS) is 17.5. The van der Waals surface area contributed by atoms with Crippen molar-refractivity contribution in [3.05, 3.63) is 57.2 Å². The third-order valence-electron chi connectivity index (χ3n) is 5.15. The van der Waals surface area contributed by atoms with Crippen molar-refractivity contribution in [3.63, 3.8) is 0 Å². The molecule has 3 aromatic rings. The first-order valence-electron chi connectivity index (χ1n) is 9.02. The number of nitrogens with zero attached hydrogens (tertiary/aromatic N) is 2. The highest BCUT2D eigenvalue weighted by Gasteiger charge is 2.25. The van der Waals surface area contributed by atoms with Gasteiger partial charge in [-0.05, 0) is 61.9 Å². The molecule has 0 radical (unpaired) electrons. The lowest BCUT2D eigenvalue weighted by atomic mass is 9.89. The van der Waals surface area contributed by atoms with Crippen LogP contribution in [0.15, 0.2) is 35.4 Å². The van der Waals surface area contributed by atoms with E-state index in [0.29, 0.717) is 17.0 Å². The molecular formula is C20H20FN3O2S. The van der Waals surface area contributed by atoms with E-state index >= 15 is 0 Å². The Bertz CT molecular complexity index is 1070. The van der Waals surface area contributed by atoms with Gasteiger partial charge in [-0.25, -0.2) is 9.37 Å². The maximum absolute atomic E-state index is 13.1. The molecule has 1 aliphatic carbocycles. The molecule has 5 nitrogen and oxygen atoms in total. The van der Waals surface area contributed by atoms with Crippen LogP contribution < -0.4 is 10.9 Å². The molecule has 0 spiro atoms. The van der Waals surface area contributed by atoms with Crippen LogP contribution in [0.2, 0.25) is 0 Å². The van der Waals surface area contributed by atoms with Crippen molar-refractivity contribution in [3.8, 4) is 0 Å². The Balaban J connectivity index is 1.66. The van der Waals surface area contributed by atoms with Gasteiger partial charge in [-0.3, -0.25) is 14.2 Å². The van der Waals surface area contributed by atoms with Gasteiger partial charge in [0.25, 0.3) is 5.56 Å². The average Bonchev–Trinajstić information content (AvgIpc) is 3.01. The van der Waals surface area contributed by atoms with Crippen molar-refractivity contribution in [1.29, 1.82) is 0 Å². The maximum Gasteiger partial charge on any atom is 0.263 e. The van der Waals surface area contributed by atoms with Crippen LogP contribution >= 0.6 is 11.3 Å². The molecule has 140 valence electrons. The summed E-state index contributed by atoms with van der Waals surface area (Å²) in [5.74, 6) is -0.0979. The van der Waals surface area contributed by atoms with Crippen molar-refractivity contribution >= 4 is 33.1 Å². The van der Waals surface area contributed by atoms with Crippen LogP contribution in [-0.2, 0) is 17.6 Å². The van der Waals surface area contributed by atoms with Gasteiger partial charge in [0, 0.05) is 10.6 Å². The molecule has 0 saturated carbocycles. The second-order valence-electron chi connectivity index (χ2n) is 7.16. The summed E-state index contributed by atoms with van der Waals surface area (Å²) in [6, 6.07) is 4.80. The zero-order chi connectivity index (χ0) is 19.1. The Kier molecular flexibility index (Phi) is 4.55. The molecule has 27 heavy (non-hydrogen) atoms. The highest BCUT2D eigenvalue weighted by atomic mass is 32.1. The monoisotopic (exact) mass is 385 g/mol. The van der Waals surface area contributed by atoms with E-state index in [1.165, 1.54) is 40.0 Å². The van der Waals surface area contributed by atoms with Crippen LogP contribution in [0.3, 0.4) is 0 Å². The Morgan fingerprint density at radius 3 is 2.85 bits per heavy atom. The summed E-state index contributed by atoms with van der Waals surface area (Å²) >= 11 is 1.59. The summed E-state index contributed by atoms with van der Waals surface area (Å²) in [4.78, 5) is 32.1. The largest absolute Gasteiger partial charge is 0.324 e. The lowest BCUT2D eigenvalue weighted by Crippen LogP contribution is -2.32. The number of fused-ring (bicyclic) bond motifs is 3. The minimum Gasteiger partial charge on any atom is -0.324 e. The summed E-state index contributed by atoms with van der Waals surface area (Å²) in [5, 5.41) is 3.37. The van der Waals surface area contributed by atoms with Crippen molar-refractivity contribution in [2.45, 2.75) is 39.2 Å². The third-order valence-corrected chi connectivity index (χ3v) is 6.31. The van der Waals surface area contributed by atoms with E-state index in [0.717, 1.165) is 29.7 Å². The fourth-order valence-electron chi connectivity index (χ4n) is 3.53. The summed E-state index contributed by atoms with van der Waals surface area (Å²) in [7, 11) is 0. The van der Waals surface area contributed by atoms with Gasteiger partial charge in [-0.15, -0.1) is 11.3 Å². The highest BCUT2D eigenvalue weighted by Crippen LogP contribution is 2.35. The number of amides is 1.